The summed E-state index contributed by atoms with van der Waals surface area (Å²) >= 11 is 12.2. The average molecular weight is 474 g/mol. The van der Waals surface area contributed by atoms with Gasteiger partial charge < -0.3 is 20.3 Å². The van der Waals surface area contributed by atoms with Gasteiger partial charge in [-0.25, -0.2) is 4.79 Å². The molecule has 3 rings (SSSR count). The molecule has 3 N–H and O–H groups in total. The molecule has 2 amide bonds. The summed E-state index contributed by atoms with van der Waals surface area (Å²) < 4.78 is 1.39. The highest BCUT2D eigenvalue weighted by atomic mass is 35.5. The van der Waals surface area contributed by atoms with Crippen LogP contribution in [0.1, 0.15) is 29.2 Å². The molecule has 0 saturated heterocycles. The zero-order valence-corrected chi connectivity index (χ0v) is 18.7. The highest BCUT2D eigenvalue weighted by molar-refractivity contribution is 6.42. The van der Waals surface area contributed by atoms with Crippen molar-refractivity contribution in [3.05, 3.63) is 97.9 Å². The SMILES string of the molecule is Cc1ccc([C@H](CC(=O)O)NC(=O)Nc2cccn(Cc3cccc(Cl)c3Cl)c2=O)cc1. The minimum atomic E-state index is -1.06. The summed E-state index contributed by atoms with van der Waals surface area (Å²) in [5.41, 5.74) is 1.92. The van der Waals surface area contributed by atoms with E-state index < -0.39 is 23.6 Å². The lowest BCUT2D eigenvalue weighted by molar-refractivity contribution is -0.137. The molecule has 32 heavy (non-hydrogen) atoms. The molecule has 1 heterocycles. The van der Waals surface area contributed by atoms with Crippen LogP contribution in [-0.2, 0) is 11.3 Å². The number of urea groups is 1. The van der Waals surface area contributed by atoms with Crippen LogP contribution in [0, 0.1) is 6.92 Å². The molecule has 1 atom stereocenters. The number of aryl methyl sites for hydroxylation is 1. The summed E-state index contributed by atoms with van der Waals surface area (Å²) in [5.74, 6) is -1.06. The fraction of sp³-hybridized carbons (Fsp3) is 0.174. The number of nitrogens with zero attached hydrogens (tertiary/aromatic N) is 1. The van der Waals surface area contributed by atoms with Gasteiger partial charge in [-0.1, -0.05) is 65.2 Å². The lowest BCUT2D eigenvalue weighted by Crippen LogP contribution is -2.36. The Kier molecular flexibility index (Phi) is 7.56. The first-order valence-electron chi connectivity index (χ1n) is 9.73. The van der Waals surface area contributed by atoms with E-state index in [1.54, 1.807) is 42.6 Å². The lowest BCUT2D eigenvalue weighted by atomic mass is 10.0. The zero-order valence-electron chi connectivity index (χ0n) is 17.1. The standard InChI is InChI=1S/C23H21Cl2N3O4/c1-14-7-9-15(10-8-14)19(12-20(29)30)27-23(32)26-18-6-3-11-28(22(18)31)13-16-4-2-5-17(24)21(16)25/h2-11,19H,12-13H2,1H3,(H,29,30)(H2,26,27,32)/t19-/m0/s1. The number of hydrogen-bond acceptors (Lipinski definition) is 3. The van der Waals surface area contributed by atoms with E-state index in [1.807, 2.05) is 19.1 Å². The van der Waals surface area contributed by atoms with Gasteiger partial charge in [0, 0.05) is 6.20 Å². The summed E-state index contributed by atoms with van der Waals surface area (Å²) in [7, 11) is 0. The first-order valence-corrected chi connectivity index (χ1v) is 10.5. The van der Waals surface area contributed by atoms with E-state index in [4.69, 9.17) is 23.2 Å². The third kappa shape index (κ3) is 5.90. The van der Waals surface area contributed by atoms with Crippen molar-refractivity contribution >= 4 is 40.9 Å². The molecule has 1 aromatic heterocycles. The number of carboxylic acids is 1. The van der Waals surface area contributed by atoms with Crippen molar-refractivity contribution < 1.29 is 14.7 Å². The Hall–Kier alpha value is -3.29. The molecule has 9 heteroatoms. The third-order valence-corrected chi connectivity index (χ3v) is 5.66. The molecule has 0 saturated carbocycles. The van der Waals surface area contributed by atoms with E-state index in [1.165, 1.54) is 10.6 Å². The molecule has 0 radical (unpaired) electrons. The Morgan fingerprint density at radius 1 is 1.06 bits per heavy atom. The molecular weight excluding hydrogens is 453 g/mol. The lowest BCUT2D eigenvalue weighted by Gasteiger charge is -2.18. The van der Waals surface area contributed by atoms with Crippen molar-refractivity contribution in [2.24, 2.45) is 0 Å². The van der Waals surface area contributed by atoms with Crippen LogP contribution in [-0.4, -0.2) is 21.7 Å². The van der Waals surface area contributed by atoms with E-state index in [2.05, 4.69) is 10.6 Å². The van der Waals surface area contributed by atoms with Crippen molar-refractivity contribution in [1.29, 1.82) is 0 Å². The number of pyridine rings is 1. The van der Waals surface area contributed by atoms with Gasteiger partial charge in [0.25, 0.3) is 5.56 Å². The monoisotopic (exact) mass is 473 g/mol. The fourth-order valence-corrected chi connectivity index (χ4v) is 3.53. The number of rotatable bonds is 7. The maximum atomic E-state index is 12.8. The first kappa shape index (κ1) is 23.4. The summed E-state index contributed by atoms with van der Waals surface area (Å²) in [6.45, 7) is 2.08. The number of carboxylic acid groups (broad SMARTS) is 1. The van der Waals surface area contributed by atoms with E-state index in [0.717, 1.165) is 5.56 Å². The van der Waals surface area contributed by atoms with E-state index in [0.29, 0.717) is 21.2 Å². The minimum absolute atomic E-state index is 0.0427. The van der Waals surface area contributed by atoms with Gasteiger partial charge in [-0.3, -0.25) is 9.59 Å². The summed E-state index contributed by atoms with van der Waals surface area (Å²) in [6, 6.07) is 14.0. The van der Waals surface area contributed by atoms with Gasteiger partial charge in [0.1, 0.15) is 5.69 Å². The molecule has 3 aromatic rings. The number of hydrogen-bond donors (Lipinski definition) is 3. The first-order chi connectivity index (χ1) is 15.2. The number of amides is 2. The minimum Gasteiger partial charge on any atom is -0.481 e. The summed E-state index contributed by atoms with van der Waals surface area (Å²) in [6.07, 6.45) is 1.27. The van der Waals surface area contributed by atoms with Crippen LogP contribution >= 0.6 is 23.2 Å². The molecule has 166 valence electrons. The smallest absolute Gasteiger partial charge is 0.319 e. The number of aliphatic carboxylic acids is 1. The fourth-order valence-electron chi connectivity index (χ4n) is 3.15. The van der Waals surface area contributed by atoms with Crippen LogP contribution < -0.4 is 16.2 Å². The van der Waals surface area contributed by atoms with Crippen LogP contribution in [0.3, 0.4) is 0 Å². The van der Waals surface area contributed by atoms with Crippen LogP contribution in [0.15, 0.2) is 65.6 Å². The van der Waals surface area contributed by atoms with Crippen LogP contribution in [0.25, 0.3) is 0 Å². The van der Waals surface area contributed by atoms with Gasteiger partial charge in [-0.15, -0.1) is 0 Å². The van der Waals surface area contributed by atoms with Gasteiger partial charge in [-0.05, 0) is 36.2 Å². The number of nitrogens with one attached hydrogen (secondary N) is 2. The maximum absolute atomic E-state index is 12.8. The van der Waals surface area contributed by atoms with E-state index >= 15 is 0 Å². The Bertz CT molecular complexity index is 1190. The Labute approximate surface area is 194 Å². The van der Waals surface area contributed by atoms with Crippen LogP contribution in [0.2, 0.25) is 10.0 Å². The van der Waals surface area contributed by atoms with Gasteiger partial charge in [-0.2, -0.15) is 0 Å². The molecule has 2 aromatic carbocycles. The summed E-state index contributed by atoms with van der Waals surface area (Å²) in [4.78, 5) is 36.7. The molecule has 0 fully saturated rings. The van der Waals surface area contributed by atoms with Crippen molar-refractivity contribution in [1.82, 2.24) is 9.88 Å². The molecular formula is C23H21Cl2N3O4. The van der Waals surface area contributed by atoms with Crippen molar-refractivity contribution in [2.75, 3.05) is 5.32 Å². The molecule has 0 aliphatic rings. The molecule has 7 nitrogen and oxygen atoms in total. The van der Waals surface area contributed by atoms with Crippen molar-refractivity contribution in [3.8, 4) is 0 Å². The Balaban J connectivity index is 1.77. The average Bonchev–Trinajstić information content (AvgIpc) is 2.74. The molecule has 0 aliphatic carbocycles. The quantitative estimate of drug-likeness (QED) is 0.456. The second kappa shape index (κ2) is 10.3. The molecule has 0 unspecified atom stereocenters. The highest BCUT2D eigenvalue weighted by Gasteiger charge is 2.19. The van der Waals surface area contributed by atoms with Crippen molar-refractivity contribution in [3.63, 3.8) is 0 Å². The predicted molar refractivity (Wildman–Crippen MR) is 125 cm³/mol. The van der Waals surface area contributed by atoms with Gasteiger partial charge in [0.15, 0.2) is 0 Å². The Morgan fingerprint density at radius 3 is 2.47 bits per heavy atom. The Morgan fingerprint density at radius 2 is 1.78 bits per heavy atom. The summed E-state index contributed by atoms with van der Waals surface area (Å²) in [5, 5.41) is 15.1. The third-order valence-electron chi connectivity index (χ3n) is 4.80. The number of halogens is 2. The second-order valence-electron chi connectivity index (χ2n) is 7.23. The highest BCUT2D eigenvalue weighted by Crippen LogP contribution is 2.26. The molecule has 0 aliphatic heterocycles. The number of carbonyl (C=O) groups is 2. The van der Waals surface area contributed by atoms with Crippen LogP contribution in [0.4, 0.5) is 10.5 Å². The number of benzene rings is 2. The molecule has 0 spiro atoms. The van der Waals surface area contributed by atoms with Gasteiger partial charge >= 0.3 is 12.0 Å². The normalized spacial score (nSPS) is 11.6. The number of aromatic nitrogens is 1. The van der Waals surface area contributed by atoms with Gasteiger partial charge in [0.05, 0.1) is 29.1 Å². The molecule has 0 bridgehead atoms. The number of anilines is 1. The van der Waals surface area contributed by atoms with Crippen LogP contribution in [0.5, 0.6) is 0 Å². The topological polar surface area (TPSA) is 100 Å². The van der Waals surface area contributed by atoms with Gasteiger partial charge in [0.2, 0.25) is 0 Å². The zero-order chi connectivity index (χ0) is 23.3. The predicted octanol–water partition coefficient (Wildman–Crippen LogP) is 4.85. The number of carbonyl (C=O) groups excluding carboxylic acids is 1. The van der Waals surface area contributed by atoms with E-state index in [-0.39, 0.29) is 18.7 Å². The van der Waals surface area contributed by atoms with E-state index in [9.17, 15) is 19.5 Å². The van der Waals surface area contributed by atoms with Crippen molar-refractivity contribution in [2.45, 2.75) is 25.9 Å². The largest absolute Gasteiger partial charge is 0.481 e. The maximum Gasteiger partial charge on any atom is 0.319 e. The second-order valence-corrected chi connectivity index (χ2v) is 8.01.